The minimum Gasteiger partial charge on any atom is -0.497 e. The summed E-state index contributed by atoms with van der Waals surface area (Å²) in [6.45, 7) is 6.12. The average molecular weight is 522 g/mol. The van der Waals surface area contributed by atoms with Crippen molar-refractivity contribution in [2.75, 3.05) is 53.5 Å². The maximum atomic E-state index is 12.6. The molecule has 1 aromatic heterocycles. The van der Waals surface area contributed by atoms with E-state index in [2.05, 4.69) is 22.2 Å². The zero-order valence-electron chi connectivity index (χ0n) is 22.0. The molecule has 1 unspecified atom stereocenters. The van der Waals surface area contributed by atoms with Crippen molar-refractivity contribution in [3.05, 3.63) is 71.7 Å². The number of ether oxygens (including phenoxy) is 4. The quantitative estimate of drug-likeness (QED) is 0.434. The summed E-state index contributed by atoms with van der Waals surface area (Å²) in [5.74, 6) is 3.75. The van der Waals surface area contributed by atoms with Gasteiger partial charge in [0.15, 0.2) is 17.3 Å². The molecule has 9 heteroatoms. The third-order valence-electron chi connectivity index (χ3n) is 6.81. The Morgan fingerprint density at radius 1 is 1.00 bits per heavy atom. The van der Waals surface area contributed by atoms with Gasteiger partial charge < -0.3 is 33.6 Å². The van der Waals surface area contributed by atoms with Gasteiger partial charge in [0.05, 0.1) is 13.7 Å². The maximum Gasteiger partial charge on any atom is 0.286 e. The molecule has 202 valence electrons. The number of amides is 1. The van der Waals surface area contributed by atoms with Gasteiger partial charge in [0.1, 0.15) is 36.6 Å². The Bertz CT molecular complexity index is 1200. The summed E-state index contributed by atoms with van der Waals surface area (Å²) in [7, 11) is 3.78. The Balaban J connectivity index is 1.06. The van der Waals surface area contributed by atoms with Crippen molar-refractivity contribution in [3.8, 4) is 23.0 Å². The van der Waals surface area contributed by atoms with Crippen LogP contribution in [-0.2, 0) is 13.2 Å². The van der Waals surface area contributed by atoms with Gasteiger partial charge in [0, 0.05) is 45.2 Å². The van der Waals surface area contributed by atoms with Crippen LogP contribution < -0.4 is 24.3 Å². The molecule has 5 rings (SSSR count). The molecule has 1 fully saturated rings. The van der Waals surface area contributed by atoms with E-state index >= 15 is 0 Å². The first-order valence-electron chi connectivity index (χ1n) is 13.0. The number of nitrogens with one attached hydrogen (secondary N) is 1. The van der Waals surface area contributed by atoms with E-state index in [0.29, 0.717) is 49.2 Å². The highest BCUT2D eigenvalue weighted by atomic mass is 16.6. The summed E-state index contributed by atoms with van der Waals surface area (Å²) in [6.07, 6.45) is 0.431. The number of rotatable bonds is 10. The second-order valence-electron chi connectivity index (χ2n) is 9.69. The molecule has 0 bridgehead atoms. The smallest absolute Gasteiger partial charge is 0.286 e. The van der Waals surface area contributed by atoms with Gasteiger partial charge >= 0.3 is 0 Å². The molecule has 0 aliphatic carbocycles. The van der Waals surface area contributed by atoms with Gasteiger partial charge in [-0.15, -0.1) is 0 Å². The van der Waals surface area contributed by atoms with Crippen LogP contribution in [0, 0.1) is 0 Å². The molecule has 2 aliphatic heterocycles. The highest BCUT2D eigenvalue weighted by molar-refractivity contribution is 5.91. The maximum absolute atomic E-state index is 12.6. The van der Waals surface area contributed by atoms with Crippen LogP contribution in [0.3, 0.4) is 0 Å². The first kappa shape index (κ1) is 25.9. The van der Waals surface area contributed by atoms with Gasteiger partial charge in [0.2, 0.25) is 0 Å². The third-order valence-corrected chi connectivity index (χ3v) is 6.81. The van der Waals surface area contributed by atoms with E-state index in [9.17, 15) is 4.79 Å². The molecule has 3 aromatic rings. The van der Waals surface area contributed by atoms with Crippen molar-refractivity contribution in [3.63, 3.8) is 0 Å². The lowest BCUT2D eigenvalue weighted by Crippen LogP contribution is -2.43. The van der Waals surface area contributed by atoms with E-state index in [0.717, 1.165) is 49.8 Å². The molecule has 0 spiro atoms. The predicted octanol–water partition coefficient (Wildman–Crippen LogP) is 3.57. The van der Waals surface area contributed by atoms with Crippen LogP contribution in [0.5, 0.6) is 23.0 Å². The number of carbonyl (C=O) groups is 1. The fourth-order valence-corrected chi connectivity index (χ4v) is 4.46. The van der Waals surface area contributed by atoms with Gasteiger partial charge in [-0.25, -0.2) is 0 Å². The van der Waals surface area contributed by atoms with Crippen LogP contribution in [0.2, 0.25) is 0 Å². The summed E-state index contributed by atoms with van der Waals surface area (Å²) in [5.41, 5.74) is 1.04. The third kappa shape index (κ3) is 6.79. The molecule has 0 radical (unpaired) electrons. The number of likely N-dealkylation sites (N-methyl/N-ethyl adjacent to an activating group) is 1. The van der Waals surface area contributed by atoms with Crippen LogP contribution in [0.25, 0.3) is 0 Å². The molecule has 0 saturated carbocycles. The zero-order chi connectivity index (χ0) is 26.3. The predicted molar refractivity (Wildman–Crippen MR) is 142 cm³/mol. The summed E-state index contributed by atoms with van der Waals surface area (Å²) in [6, 6.07) is 16.9. The number of furan rings is 1. The Labute approximate surface area is 223 Å². The zero-order valence-corrected chi connectivity index (χ0v) is 22.0. The molecule has 38 heavy (non-hydrogen) atoms. The normalized spacial score (nSPS) is 17.7. The fourth-order valence-electron chi connectivity index (χ4n) is 4.46. The molecule has 1 amide bonds. The van der Waals surface area contributed by atoms with E-state index in [1.54, 1.807) is 13.2 Å². The van der Waals surface area contributed by atoms with Crippen molar-refractivity contribution >= 4 is 5.91 Å². The largest absolute Gasteiger partial charge is 0.497 e. The number of benzene rings is 2. The number of fused-ring (bicyclic) bond motifs is 1. The molecule has 3 heterocycles. The molecule has 1 N–H and O–H groups in total. The second-order valence-corrected chi connectivity index (χ2v) is 9.69. The van der Waals surface area contributed by atoms with E-state index in [-0.39, 0.29) is 12.0 Å². The number of nitrogens with zero attached hydrogens (tertiary/aromatic N) is 2. The van der Waals surface area contributed by atoms with Gasteiger partial charge in [-0.05, 0) is 49.0 Å². The lowest BCUT2D eigenvalue weighted by atomic mass is 10.2. The number of hydrogen-bond donors (Lipinski definition) is 1. The van der Waals surface area contributed by atoms with E-state index < -0.39 is 0 Å². The number of piperazine rings is 1. The summed E-state index contributed by atoms with van der Waals surface area (Å²) in [4.78, 5) is 17.2. The molecule has 9 nitrogen and oxygen atoms in total. The van der Waals surface area contributed by atoms with Gasteiger partial charge in [-0.1, -0.05) is 12.1 Å². The highest BCUT2D eigenvalue weighted by Gasteiger charge is 2.22. The Morgan fingerprint density at radius 3 is 2.58 bits per heavy atom. The standard InChI is InChI=1S/C29H35N3O6/c1-31-13-15-32(16-14-31)18-24-8-10-27(37-24)29(33)30-12-11-25-20-36-26-9-7-23(17-28(26)38-25)35-19-21-3-5-22(34-2)6-4-21/h3-10,17,25H,11-16,18-20H2,1-2H3,(H,30,33). The minimum absolute atomic E-state index is 0.177. The van der Waals surface area contributed by atoms with Gasteiger partial charge in [0.25, 0.3) is 5.91 Å². The van der Waals surface area contributed by atoms with Crippen LogP contribution in [-0.4, -0.2) is 75.3 Å². The molecular formula is C29H35N3O6. The van der Waals surface area contributed by atoms with E-state index in [1.165, 1.54) is 0 Å². The number of methoxy groups -OCH3 is 1. The molecule has 2 aliphatic rings. The number of hydrogen-bond acceptors (Lipinski definition) is 8. The van der Waals surface area contributed by atoms with Crippen molar-refractivity contribution in [1.82, 2.24) is 15.1 Å². The minimum atomic E-state index is -0.221. The summed E-state index contributed by atoms with van der Waals surface area (Å²) >= 11 is 0. The molecule has 1 atom stereocenters. The fraction of sp³-hybridized carbons (Fsp3) is 0.414. The molecular weight excluding hydrogens is 486 g/mol. The van der Waals surface area contributed by atoms with Gasteiger partial charge in [-0.3, -0.25) is 9.69 Å². The van der Waals surface area contributed by atoms with Crippen molar-refractivity contribution in [2.24, 2.45) is 0 Å². The lowest BCUT2D eigenvalue weighted by molar-refractivity contribution is 0.0798. The van der Waals surface area contributed by atoms with Crippen LogP contribution in [0.15, 0.2) is 59.0 Å². The number of carbonyl (C=O) groups excluding carboxylic acids is 1. The summed E-state index contributed by atoms with van der Waals surface area (Å²) in [5, 5.41) is 2.93. The van der Waals surface area contributed by atoms with Crippen molar-refractivity contribution in [2.45, 2.75) is 25.7 Å². The lowest BCUT2D eigenvalue weighted by Gasteiger charge is -2.31. The van der Waals surface area contributed by atoms with Crippen molar-refractivity contribution < 1.29 is 28.2 Å². The molecule has 2 aromatic carbocycles. The van der Waals surface area contributed by atoms with Crippen LogP contribution in [0.4, 0.5) is 0 Å². The van der Waals surface area contributed by atoms with Crippen LogP contribution in [0.1, 0.15) is 28.3 Å². The Kier molecular flexibility index (Phi) is 8.35. The summed E-state index contributed by atoms with van der Waals surface area (Å²) < 4.78 is 28.9. The van der Waals surface area contributed by atoms with Crippen LogP contribution >= 0.6 is 0 Å². The van der Waals surface area contributed by atoms with Gasteiger partial charge in [-0.2, -0.15) is 0 Å². The topological polar surface area (TPSA) is 85.6 Å². The second kappa shape index (κ2) is 12.2. The first-order chi connectivity index (χ1) is 18.6. The highest BCUT2D eigenvalue weighted by Crippen LogP contribution is 2.35. The van der Waals surface area contributed by atoms with Crippen molar-refractivity contribution in [1.29, 1.82) is 0 Å². The Morgan fingerprint density at radius 2 is 1.79 bits per heavy atom. The monoisotopic (exact) mass is 521 g/mol. The Hall–Kier alpha value is -3.69. The average Bonchev–Trinajstić information content (AvgIpc) is 3.42. The first-order valence-corrected chi connectivity index (χ1v) is 13.0. The van der Waals surface area contributed by atoms with E-state index in [4.69, 9.17) is 23.4 Å². The SMILES string of the molecule is COc1ccc(COc2ccc3c(c2)OC(CCNC(=O)c2ccc(CN4CCN(C)CC4)o2)CO3)cc1. The molecule has 1 saturated heterocycles. The van der Waals surface area contributed by atoms with E-state index in [1.807, 2.05) is 48.5 Å².